The number of carbonyl (C=O) groups excluding carboxylic acids is 1. The lowest BCUT2D eigenvalue weighted by Crippen LogP contribution is -2.15. The molecule has 0 saturated heterocycles. The van der Waals surface area contributed by atoms with Crippen LogP contribution in [0.3, 0.4) is 0 Å². The summed E-state index contributed by atoms with van der Waals surface area (Å²) >= 11 is 6.08. The number of halogens is 1. The molecule has 3 aromatic rings. The van der Waals surface area contributed by atoms with Crippen molar-refractivity contribution in [3.63, 3.8) is 0 Å². The average molecular weight is 383 g/mol. The number of ether oxygens (including phenoxy) is 1. The molecule has 0 atom stereocenters. The number of hydrogen-bond acceptors (Lipinski definition) is 5. The summed E-state index contributed by atoms with van der Waals surface area (Å²) in [6.07, 6.45) is 1.54. The van der Waals surface area contributed by atoms with Crippen molar-refractivity contribution >= 4 is 29.1 Å². The number of carbonyl (C=O) groups is 1. The molecule has 6 nitrogen and oxygen atoms in total. The maximum atomic E-state index is 12.4. The van der Waals surface area contributed by atoms with Gasteiger partial charge in [0.25, 0.3) is 5.91 Å². The maximum Gasteiger partial charge on any atom is 0.274 e. The SMILES string of the molecule is COc1ccc(NC(=O)c2ccnc(NCc3cccc(C)c3)n2)cc1Cl. The van der Waals surface area contributed by atoms with E-state index in [0.29, 0.717) is 29.0 Å². The smallest absolute Gasteiger partial charge is 0.274 e. The van der Waals surface area contributed by atoms with Crippen molar-refractivity contribution in [1.29, 1.82) is 0 Å². The van der Waals surface area contributed by atoms with Crippen LogP contribution in [0.1, 0.15) is 21.6 Å². The molecule has 0 unspecified atom stereocenters. The van der Waals surface area contributed by atoms with Crippen molar-refractivity contribution in [3.05, 3.63) is 76.6 Å². The Labute approximate surface area is 162 Å². The van der Waals surface area contributed by atoms with E-state index in [1.54, 1.807) is 30.5 Å². The molecule has 3 rings (SSSR count). The van der Waals surface area contributed by atoms with E-state index in [1.807, 2.05) is 25.1 Å². The van der Waals surface area contributed by atoms with Gasteiger partial charge in [-0.3, -0.25) is 4.79 Å². The van der Waals surface area contributed by atoms with Crippen molar-refractivity contribution < 1.29 is 9.53 Å². The minimum Gasteiger partial charge on any atom is -0.495 e. The monoisotopic (exact) mass is 382 g/mol. The summed E-state index contributed by atoms with van der Waals surface area (Å²) in [5.74, 6) is 0.577. The first-order chi connectivity index (χ1) is 13.0. The zero-order valence-corrected chi connectivity index (χ0v) is 15.7. The minimum atomic E-state index is -0.350. The first-order valence-electron chi connectivity index (χ1n) is 8.32. The van der Waals surface area contributed by atoms with Crippen LogP contribution in [-0.4, -0.2) is 23.0 Å². The van der Waals surface area contributed by atoms with Gasteiger partial charge in [-0.1, -0.05) is 41.4 Å². The Morgan fingerprint density at radius 3 is 2.78 bits per heavy atom. The molecule has 0 saturated carbocycles. The zero-order valence-electron chi connectivity index (χ0n) is 15.0. The quantitative estimate of drug-likeness (QED) is 0.664. The van der Waals surface area contributed by atoms with Gasteiger partial charge in [0, 0.05) is 18.4 Å². The number of aromatic nitrogens is 2. The summed E-state index contributed by atoms with van der Waals surface area (Å²) in [5, 5.41) is 6.31. The Morgan fingerprint density at radius 2 is 2.04 bits per heavy atom. The van der Waals surface area contributed by atoms with Gasteiger partial charge in [0.2, 0.25) is 5.95 Å². The van der Waals surface area contributed by atoms with Crippen molar-refractivity contribution in [3.8, 4) is 5.75 Å². The summed E-state index contributed by atoms with van der Waals surface area (Å²) < 4.78 is 5.10. The van der Waals surface area contributed by atoms with Crippen LogP contribution in [0, 0.1) is 6.92 Å². The highest BCUT2D eigenvalue weighted by molar-refractivity contribution is 6.32. The number of hydrogen-bond donors (Lipinski definition) is 2. The Hall–Kier alpha value is -3.12. The van der Waals surface area contributed by atoms with Crippen LogP contribution in [0.4, 0.5) is 11.6 Å². The summed E-state index contributed by atoms with van der Waals surface area (Å²) in [5.41, 5.74) is 3.10. The number of aryl methyl sites for hydroxylation is 1. The molecule has 2 aromatic carbocycles. The van der Waals surface area contributed by atoms with Crippen molar-refractivity contribution in [2.24, 2.45) is 0 Å². The van der Waals surface area contributed by atoms with Gasteiger partial charge < -0.3 is 15.4 Å². The third kappa shape index (κ3) is 4.95. The van der Waals surface area contributed by atoms with E-state index >= 15 is 0 Å². The van der Waals surface area contributed by atoms with E-state index in [-0.39, 0.29) is 11.6 Å². The molecule has 0 radical (unpaired) electrons. The van der Waals surface area contributed by atoms with Crippen LogP contribution >= 0.6 is 11.6 Å². The van der Waals surface area contributed by atoms with Gasteiger partial charge in [-0.2, -0.15) is 0 Å². The van der Waals surface area contributed by atoms with Crippen LogP contribution in [-0.2, 0) is 6.54 Å². The number of nitrogens with zero attached hydrogens (tertiary/aromatic N) is 2. The highest BCUT2D eigenvalue weighted by Crippen LogP contribution is 2.27. The number of rotatable bonds is 6. The molecular formula is C20H19ClN4O2. The fourth-order valence-electron chi connectivity index (χ4n) is 2.51. The highest BCUT2D eigenvalue weighted by Gasteiger charge is 2.11. The zero-order chi connectivity index (χ0) is 19.2. The van der Waals surface area contributed by atoms with Crippen LogP contribution < -0.4 is 15.4 Å². The van der Waals surface area contributed by atoms with E-state index in [1.165, 1.54) is 12.7 Å². The van der Waals surface area contributed by atoms with Crippen LogP contribution in [0.25, 0.3) is 0 Å². The molecule has 0 aliphatic heterocycles. The number of methoxy groups -OCH3 is 1. The normalized spacial score (nSPS) is 10.3. The molecule has 0 bridgehead atoms. The number of nitrogens with one attached hydrogen (secondary N) is 2. The fourth-order valence-corrected chi connectivity index (χ4v) is 2.77. The number of amides is 1. The fraction of sp³-hybridized carbons (Fsp3) is 0.150. The molecule has 27 heavy (non-hydrogen) atoms. The lowest BCUT2D eigenvalue weighted by molar-refractivity contribution is 0.102. The predicted molar refractivity (Wildman–Crippen MR) is 106 cm³/mol. The van der Waals surface area contributed by atoms with Gasteiger partial charge in [0.1, 0.15) is 11.4 Å². The number of benzene rings is 2. The minimum absolute atomic E-state index is 0.253. The molecule has 1 aromatic heterocycles. The topological polar surface area (TPSA) is 76.1 Å². The second-order valence-corrected chi connectivity index (χ2v) is 6.32. The van der Waals surface area contributed by atoms with E-state index in [0.717, 1.165) is 5.56 Å². The first-order valence-corrected chi connectivity index (χ1v) is 8.70. The molecule has 138 valence electrons. The van der Waals surface area contributed by atoms with E-state index in [4.69, 9.17) is 16.3 Å². The number of anilines is 2. The molecule has 0 aliphatic carbocycles. The van der Waals surface area contributed by atoms with E-state index < -0.39 is 0 Å². The first kappa shape index (κ1) is 18.7. The Balaban J connectivity index is 1.67. The van der Waals surface area contributed by atoms with Crippen LogP contribution in [0.15, 0.2) is 54.7 Å². The lowest BCUT2D eigenvalue weighted by atomic mass is 10.1. The maximum absolute atomic E-state index is 12.4. The summed E-state index contributed by atoms with van der Waals surface area (Å²) in [6, 6.07) is 14.7. The molecule has 1 heterocycles. The standard InChI is InChI=1S/C20H19ClN4O2/c1-13-4-3-5-14(10-13)12-23-20-22-9-8-17(25-20)19(26)24-15-6-7-18(27-2)16(21)11-15/h3-11H,12H2,1-2H3,(H,24,26)(H,22,23,25). The van der Waals surface area contributed by atoms with Crippen LogP contribution in [0.5, 0.6) is 5.75 Å². The second-order valence-electron chi connectivity index (χ2n) is 5.91. The van der Waals surface area contributed by atoms with Gasteiger partial charge in [-0.15, -0.1) is 0 Å². The summed E-state index contributed by atoms with van der Waals surface area (Å²) in [7, 11) is 1.53. The van der Waals surface area contributed by atoms with Gasteiger partial charge in [0.05, 0.1) is 12.1 Å². The largest absolute Gasteiger partial charge is 0.495 e. The third-order valence-corrected chi connectivity index (χ3v) is 4.13. The third-order valence-electron chi connectivity index (χ3n) is 3.83. The van der Waals surface area contributed by atoms with Gasteiger partial charge >= 0.3 is 0 Å². The van der Waals surface area contributed by atoms with Gasteiger partial charge in [-0.05, 0) is 36.8 Å². The van der Waals surface area contributed by atoms with Gasteiger partial charge in [-0.25, -0.2) is 9.97 Å². The Kier molecular flexibility index (Phi) is 5.88. The second kappa shape index (κ2) is 8.51. The molecule has 2 N–H and O–H groups in total. The van der Waals surface area contributed by atoms with Crippen molar-refractivity contribution in [2.45, 2.75) is 13.5 Å². The predicted octanol–water partition coefficient (Wildman–Crippen LogP) is 4.31. The molecule has 7 heteroatoms. The summed E-state index contributed by atoms with van der Waals surface area (Å²) in [4.78, 5) is 20.9. The summed E-state index contributed by atoms with van der Waals surface area (Å²) in [6.45, 7) is 2.61. The average Bonchev–Trinajstić information content (AvgIpc) is 2.67. The van der Waals surface area contributed by atoms with E-state index in [2.05, 4.69) is 26.7 Å². The molecule has 0 spiro atoms. The van der Waals surface area contributed by atoms with Gasteiger partial charge in [0.15, 0.2) is 0 Å². The Bertz CT molecular complexity index is 962. The molecular weight excluding hydrogens is 364 g/mol. The highest BCUT2D eigenvalue weighted by atomic mass is 35.5. The van der Waals surface area contributed by atoms with Crippen LogP contribution in [0.2, 0.25) is 5.02 Å². The molecule has 1 amide bonds. The van der Waals surface area contributed by atoms with E-state index in [9.17, 15) is 4.79 Å². The Morgan fingerprint density at radius 1 is 1.19 bits per heavy atom. The lowest BCUT2D eigenvalue weighted by Gasteiger charge is -2.09. The molecule has 0 aliphatic rings. The van der Waals surface area contributed by atoms with Crippen molar-refractivity contribution in [2.75, 3.05) is 17.7 Å². The van der Waals surface area contributed by atoms with Crippen molar-refractivity contribution in [1.82, 2.24) is 9.97 Å². The molecule has 0 fully saturated rings.